The van der Waals surface area contributed by atoms with Gasteiger partial charge in [-0.15, -0.1) is 0 Å². The monoisotopic (exact) mass is 450 g/mol. The van der Waals surface area contributed by atoms with Crippen LogP contribution < -0.4 is 4.74 Å². The molecule has 3 aliphatic rings. The summed E-state index contributed by atoms with van der Waals surface area (Å²) in [6, 6.07) is 7.35. The van der Waals surface area contributed by atoms with Gasteiger partial charge >= 0.3 is 17.9 Å². The highest BCUT2D eigenvalue weighted by atomic mass is 16.6. The maximum absolute atomic E-state index is 12.7. The summed E-state index contributed by atoms with van der Waals surface area (Å²) in [6.07, 6.45) is 5.38. The molecule has 0 saturated carbocycles. The smallest absolute Gasteiger partial charge is 0.334 e. The Morgan fingerprint density at radius 3 is 2.79 bits per heavy atom. The van der Waals surface area contributed by atoms with Crippen LogP contribution in [0.2, 0.25) is 0 Å². The predicted molar refractivity (Wildman–Crippen MR) is 120 cm³/mol. The van der Waals surface area contributed by atoms with Gasteiger partial charge in [0.15, 0.2) is 0 Å². The van der Waals surface area contributed by atoms with Crippen LogP contribution in [-0.4, -0.2) is 42.8 Å². The van der Waals surface area contributed by atoms with Gasteiger partial charge in [-0.3, -0.25) is 0 Å². The van der Waals surface area contributed by atoms with Crippen molar-refractivity contribution in [1.82, 2.24) is 0 Å². The highest BCUT2D eigenvalue weighted by Gasteiger charge is 2.46. The van der Waals surface area contributed by atoms with Gasteiger partial charge in [0, 0.05) is 30.1 Å². The van der Waals surface area contributed by atoms with Gasteiger partial charge in [-0.2, -0.15) is 0 Å². The molecule has 0 radical (unpaired) electrons. The van der Waals surface area contributed by atoms with Crippen molar-refractivity contribution in [2.75, 3.05) is 6.61 Å². The fraction of sp³-hybridized carbons (Fsp3) is 0.346. The molecule has 2 aliphatic heterocycles. The minimum Gasteiger partial charge on any atom is -0.494 e. The number of rotatable bonds is 5. The van der Waals surface area contributed by atoms with E-state index in [9.17, 15) is 14.4 Å². The molecule has 0 amide bonds. The molecule has 0 aromatic heterocycles. The summed E-state index contributed by atoms with van der Waals surface area (Å²) in [5.41, 5.74) is 2.34. The Kier molecular flexibility index (Phi) is 6.49. The van der Waals surface area contributed by atoms with Crippen molar-refractivity contribution in [3.05, 3.63) is 71.4 Å². The maximum atomic E-state index is 12.7. The van der Waals surface area contributed by atoms with Crippen molar-refractivity contribution in [1.29, 1.82) is 0 Å². The summed E-state index contributed by atoms with van der Waals surface area (Å²) in [6.45, 7) is 8.18. The number of carbonyl (C=O) groups is 3. The molecular weight excluding hydrogens is 424 g/mol. The van der Waals surface area contributed by atoms with Crippen LogP contribution in [0.15, 0.2) is 65.8 Å². The fourth-order valence-corrected chi connectivity index (χ4v) is 4.32. The third kappa shape index (κ3) is 5.08. The van der Waals surface area contributed by atoms with E-state index in [-0.39, 0.29) is 18.1 Å². The van der Waals surface area contributed by atoms with Crippen molar-refractivity contribution in [2.24, 2.45) is 5.92 Å². The number of ether oxygens (including phenoxy) is 4. The lowest BCUT2D eigenvalue weighted by Crippen LogP contribution is -2.32. The summed E-state index contributed by atoms with van der Waals surface area (Å²) in [5.74, 6) is -1.42. The molecule has 0 spiro atoms. The first-order valence-corrected chi connectivity index (χ1v) is 10.9. The number of hydrogen-bond donors (Lipinski definition) is 0. The lowest BCUT2D eigenvalue weighted by Gasteiger charge is -2.25. The lowest BCUT2D eigenvalue weighted by molar-refractivity contribution is -0.145. The molecule has 7 nitrogen and oxygen atoms in total. The molecule has 1 aromatic rings. The highest BCUT2D eigenvalue weighted by Crippen LogP contribution is 2.38. The largest absolute Gasteiger partial charge is 0.494 e. The van der Waals surface area contributed by atoms with Crippen LogP contribution in [0, 0.1) is 5.92 Å². The molecule has 0 N–H and O–H groups in total. The molecule has 1 aliphatic carbocycles. The molecule has 1 aromatic carbocycles. The van der Waals surface area contributed by atoms with Crippen LogP contribution >= 0.6 is 0 Å². The SMILES string of the molecule is C=C1C(=O)O[C@H]2CC3=C[C@@H](C/C(C)=C/[C@@H](OC(=O)/C=C/c4cccc(OCC)c4)[C@H]12)OC3=O. The Morgan fingerprint density at radius 1 is 1.18 bits per heavy atom. The summed E-state index contributed by atoms with van der Waals surface area (Å²) in [5, 5.41) is 0. The van der Waals surface area contributed by atoms with Gasteiger partial charge in [0.05, 0.1) is 12.5 Å². The standard InChI is InChI=1S/C26H26O7/c1-4-30-19-7-5-6-17(12-19)8-9-23(27)32-21-11-15(2)10-20-13-18(26(29)31-20)14-22-24(21)16(3)25(28)33-22/h5-9,11-13,20-22,24H,3-4,10,14H2,1-2H3/b9-8+,15-11+/t20-,21-,22+,24+/m1/s1. The van der Waals surface area contributed by atoms with Crippen LogP contribution in [-0.2, 0) is 28.6 Å². The Bertz CT molecular complexity index is 1080. The second-order valence-corrected chi connectivity index (χ2v) is 8.29. The van der Waals surface area contributed by atoms with Gasteiger partial charge in [0.1, 0.15) is 24.1 Å². The summed E-state index contributed by atoms with van der Waals surface area (Å²) in [4.78, 5) is 37.2. The zero-order valence-electron chi connectivity index (χ0n) is 18.6. The van der Waals surface area contributed by atoms with Crippen molar-refractivity contribution >= 4 is 24.0 Å². The van der Waals surface area contributed by atoms with Crippen molar-refractivity contribution in [3.63, 3.8) is 0 Å². The fourth-order valence-electron chi connectivity index (χ4n) is 4.32. The van der Waals surface area contributed by atoms with Crippen molar-refractivity contribution in [3.8, 4) is 5.75 Å². The molecule has 33 heavy (non-hydrogen) atoms. The minimum absolute atomic E-state index is 0.186. The third-order valence-electron chi connectivity index (χ3n) is 5.81. The van der Waals surface area contributed by atoms with E-state index in [1.807, 2.05) is 38.1 Å². The molecule has 172 valence electrons. The summed E-state index contributed by atoms with van der Waals surface area (Å²) in [7, 11) is 0. The van der Waals surface area contributed by atoms with E-state index in [1.54, 1.807) is 18.2 Å². The molecule has 7 heteroatoms. The zero-order chi connectivity index (χ0) is 23.5. The van der Waals surface area contributed by atoms with Crippen LogP contribution in [0.5, 0.6) is 5.75 Å². The van der Waals surface area contributed by atoms with Gasteiger partial charge in [-0.25, -0.2) is 14.4 Å². The van der Waals surface area contributed by atoms with Crippen LogP contribution in [0.1, 0.15) is 32.3 Å². The van der Waals surface area contributed by atoms with Gasteiger partial charge in [0.25, 0.3) is 0 Å². The number of benzene rings is 1. The molecule has 0 unspecified atom stereocenters. The first kappa shape index (κ1) is 22.6. The van der Waals surface area contributed by atoms with E-state index in [1.165, 1.54) is 6.08 Å². The number of esters is 3. The number of carbonyl (C=O) groups excluding carboxylic acids is 3. The number of hydrogen-bond acceptors (Lipinski definition) is 7. The van der Waals surface area contributed by atoms with Gasteiger partial charge < -0.3 is 18.9 Å². The van der Waals surface area contributed by atoms with E-state index >= 15 is 0 Å². The Balaban J connectivity index is 1.56. The quantitative estimate of drug-likeness (QED) is 0.293. The maximum Gasteiger partial charge on any atom is 0.334 e. The van der Waals surface area contributed by atoms with Gasteiger partial charge in [-0.1, -0.05) is 24.3 Å². The van der Waals surface area contributed by atoms with E-state index < -0.39 is 36.0 Å². The second kappa shape index (κ2) is 9.48. The lowest BCUT2D eigenvalue weighted by atomic mass is 9.85. The molecular formula is C26H26O7. The molecule has 1 saturated heterocycles. The number of fused-ring (bicyclic) bond motifs is 2. The average Bonchev–Trinajstić information content (AvgIpc) is 3.24. The predicted octanol–water partition coefficient (Wildman–Crippen LogP) is 3.70. The van der Waals surface area contributed by atoms with E-state index in [2.05, 4.69) is 6.58 Å². The Labute approximate surface area is 192 Å². The van der Waals surface area contributed by atoms with Crippen LogP contribution in [0.25, 0.3) is 6.08 Å². The minimum atomic E-state index is -0.769. The zero-order valence-corrected chi connectivity index (χ0v) is 18.6. The molecule has 4 rings (SSSR count). The van der Waals surface area contributed by atoms with E-state index in [0.29, 0.717) is 24.4 Å². The Hall–Kier alpha value is -3.61. The van der Waals surface area contributed by atoms with Crippen molar-refractivity contribution < 1.29 is 33.3 Å². The van der Waals surface area contributed by atoms with Gasteiger partial charge in [0.2, 0.25) is 0 Å². The van der Waals surface area contributed by atoms with E-state index in [4.69, 9.17) is 18.9 Å². The topological polar surface area (TPSA) is 88.1 Å². The molecule has 2 heterocycles. The Morgan fingerprint density at radius 2 is 2.00 bits per heavy atom. The second-order valence-electron chi connectivity index (χ2n) is 8.29. The first-order valence-electron chi connectivity index (χ1n) is 10.9. The molecule has 4 atom stereocenters. The van der Waals surface area contributed by atoms with Crippen LogP contribution in [0.4, 0.5) is 0 Å². The van der Waals surface area contributed by atoms with Crippen molar-refractivity contribution in [2.45, 2.75) is 45.0 Å². The summed E-state index contributed by atoms with van der Waals surface area (Å²) >= 11 is 0. The molecule has 2 bridgehead atoms. The highest BCUT2D eigenvalue weighted by molar-refractivity contribution is 5.93. The normalized spacial score (nSPS) is 28.4. The average molecular weight is 450 g/mol. The summed E-state index contributed by atoms with van der Waals surface area (Å²) < 4.78 is 22.1. The van der Waals surface area contributed by atoms with Gasteiger partial charge in [-0.05, 0) is 49.8 Å². The van der Waals surface area contributed by atoms with E-state index in [0.717, 1.165) is 11.1 Å². The first-order chi connectivity index (χ1) is 15.8. The molecule has 1 fully saturated rings. The third-order valence-corrected chi connectivity index (χ3v) is 5.81. The van der Waals surface area contributed by atoms with Crippen LogP contribution in [0.3, 0.4) is 0 Å².